The lowest BCUT2D eigenvalue weighted by atomic mass is 9.74. The highest BCUT2D eigenvalue weighted by Gasteiger charge is 2.38. The number of anilines is 1. The van der Waals surface area contributed by atoms with Crippen molar-refractivity contribution in [3.05, 3.63) is 101 Å². The second kappa shape index (κ2) is 19.2. The molecule has 5 nitrogen and oxygen atoms in total. The largest absolute Gasteiger partial charge is 0.497 e. The van der Waals surface area contributed by atoms with Gasteiger partial charge in [-0.1, -0.05) is 88.4 Å². The number of unbranched alkanes of at least 4 members (excludes halogenated alkanes) is 1. The molecular weight excluding hydrogens is 582 g/mol. The van der Waals surface area contributed by atoms with Gasteiger partial charge in [-0.15, -0.1) is 0 Å². The van der Waals surface area contributed by atoms with Gasteiger partial charge >= 0.3 is 0 Å². The van der Waals surface area contributed by atoms with E-state index in [1.54, 1.807) is 7.11 Å². The van der Waals surface area contributed by atoms with E-state index >= 15 is 0 Å². The molecule has 5 rings (SSSR count). The Morgan fingerprint density at radius 2 is 1.62 bits per heavy atom. The van der Waals surface area contributed by atoms with Crippen LogP contribution in [-0.4, -0.2) is 45.0 Å². The highest BCUT2D eigenvalue weighted by atomic mass is 16.5. The molecule has 0 N–H and O–H groups in total. The molecule has 2 aliphatic rings. The maximum Gasteiger partial charge on any atom is 0.151 e. The summed E-state index contributed by atoms with van der Waals surface area (Å²) in [7, 11) is 1.63. The van der Waals surface area contributed by atoms with Crippen molar-refractivity contribution in [1.29, 1.82) is 0 Å². The number of nitrogens with zero attached hydrogens (tertiary/aromatic N) is 1. The summed E-state index contributed by atoms with van der Waals surface area (Å²) in [4.78, 5) is 28.6. The summed E-state index contributed by atoms with van der Waals surface area (Å²) >= 11 is 0. The number of carbonyl (C=O) groups excluding carboxylic acids is 2. The van der Waals surface area contributed by atoms with Crippen LogP contribution in [0.15, 0.2) is 78.9 Å². The molecule has 5 heteroatoms. The Labute approximate surface area is 284 Å². The van der Waals surface area contributed by atoms with Crippen molar-refractivity contribution >= 4 is 22.8 Å². The Balaban J connectivity index is 0.00000196. The van der Waals surface area contributed by atoms with Crippen LogP contribution in [0.3, 0.4) is 0 Å². The summed E-state index contributed by atoms with van der Waals surface area (Å²) in [6.07, 6.45) is 8.41. The van der Waals surface area contributed by atoms with Gasteiger partial charge in [0, 0.05) is 37.7 Å². The topological polar surface area (TPSA) is 55.8 Å². The Kier molecular flexibility index (Phi) is 15.4. The summed E-state index contributed by atoms with van der Waals surface area (Å²) in [5.74, 6) is 0.841. The molecule has 1 aliphatic carbocycles. The Hall–Kier alpha value is -3.70. The molecule has 47 heavy (non-hydrogen) atoms. The molecule has 1 heterocycles. The highest BCUT2D eigenvalue weighted by molar-refractivity contribution is 6.07. The third-order valence-electron chi connectivity index (χ3n) is 9.21. The number of allylic oxidation sites excluding steroid dienone is 1. The number of benzene rings is 3. The fraction of sp³-hybridized carbons (Fsp3) is 0.476. The molecule has 0 spiro atoms. The molecule has 1 saturated heterocycles. The number of hydrogen-bond acceptors (Lipinski definition) is 5. The zero-order valence-electron chi connectivity index (χ0n) is 28.6. The number of hydrogen-bond donors (Lipinski definition) is 0. The Morgan fingerprint density at radius 1 is 0.936 bits per heavy atom. The fourth-order valence-corrected chi connectivity index (χ4v) is 6.47. The predicted molar refractivity (Wildman–Crippen MR) is 197 cm³/mol. The number of carbonyl (C=O) groups is 2. The lowest BCUT2D eigenvalue weighted by Gasteiger charge is -2.41. The maximum absolute atomic E-state index is 13.5. The molecule has 0 aromatic heterocycles. The minimum absolute atomic E-state index is 0. The lowest BCUT2D eigenvalue weighted by Crippen LogP contribution is -2.46. The van der Waals surface area contributed by atoms with Crippen LogP contribution in [0.1, 0.15) is 94.9 Å². The second-order valence-electron chi connectivity index (χ2n) is 12.5. The van der Waals surface area contributed by atoms with Crippen molar-refractivity contribution in [2.24, 2.45) is 11.8 Å². The normalized spacial score (nSPS) is 18.1. The van der Waals surface area contributed by atoms with Gasteiger partial charge in [0.25, 0.3) is 0 Å². The van der Waals surface area contributed by atoms with Crippen molar-refractivity contribution in [3.63, 3.8) is 0 Å². The average Bonchev–Trinajstić information content (AvgIpc) is 3.07. The number of rotatable bonds is 14. The molecule has 0 bridgehead atoms. The zero-order chi connectivity index (χ0) is 32.9. The molecule has 1 saturated carbocycles. The molecule has 0 amide bonds. The third kappa shape index (κ3) is 10.4. The van der Waals surface area contributed by atoms with Crippen molar-refractivity contribution in [3.8, 4) is 5.75 Å². The van der Waals surface area contributed by atoms with Crippen molar-refractivity contribution in [1.82, 2.24) is 0 Å². The van der Waals surface area contributed by atoms with Gasteiger partial charge in [-0.25, -0.2) is 0 Å². The van der Waals surface area contributed by atoms with Crippen molar-refractivity contribution < 1.29 is 19.1 Å². The Morgan fingerprint density at radius 3 is 2.26 bits per heavy atom. The number of ether oxygens (including phenoxy) is 2. The first-order valence-electron chi connectivity index (χ1n) is 17.3. The summed E-state index contributed by atoms with van der Waals surface area (Å²) in [6.45, 7) is 11.9. The standard InChI is InChI=1S/C39H47NO4.C2H6.CH4/c1-4-23-44-27-33(31-13-9-28(2)10-14-31)8-6-5-7-30-25-40(26-30)34-17-15-32(16-18-34)36-21-22-38(41)37(39(36)42)24-29-11-19-35(43-3)20-12-29;1-2;/h8-20,30,36-37H,4-7,21-27H2,1-3H3;1-2H3;1H4/b33-8+;;. The maximum atomic E-state index is 13.5. The third-order valence-corrected chi connectivity index (χ3v) is 9.21. The van der Waals surface area contributed by atoms with Crippen LogP contribution in [-0.2, 0) is 20.7 Å². The summed E-state index contributed by atoms with van der Waals surface area (Å²) in [5.41, 5.74) is 7.07. The Bertz CT molecular complexity index is 1400. The van der Waals surface area contributed by atoms with E-state index in [-0.39, 0.29) is 24.9 Å². The molecule has 2 fully saturated rings. The van der Waals surface area contributed by atoms with Gasteiger partial charge in [-0.3, -0.25) is 9.59 Å². The summed E-state index contributed by atoms with van der Waals surface area (Å²) in [6, 6.07) is 24.9. The highest BCUT2D eigenvalue weighted by Crippen LogP contribution is 2.35. The van der Waals surface area contributed by atoms with Crippen LogP contribution in [0.5, 0.6) is 5.75 Å². The lowest BCUT2D eigenvalue weighted by molar-refractivity contribution is -0.136. The van der Waals surface area contributed by atoms with E-state index in [1.807, 2.05) is 38.1 Å². The number of aryl methyl sites for hydroxylation is 1. The molecule has 254 valence electrons. The van der Waals surface area contributed by atoms with Crippen LogP contribution in [0.25, 0.3) is 5.57 Å². The minimum atomic E-state index is -0.565. The molecule has 2 unspecified atom stereocenters. The van der Waals surface area contributed by atoms with E-state index in [9.17, 15) is 9.59 Å². The summed E-state index contributed by atoms with van der Waals surface area (Å²) < 4.78 is 11.1. The van der Waals surface area contributed by atoms with Crippen LogP contribution in [0.4, 0.5) is 5.69 Å². The van der Waals surface area contributed by atoms with Crippen LogP contribution < -0.4 is 9.64 Å². The van der Waals surface area contributed by atoms with E-state index in [4.69, 9.17) is 9.47 Å². The summed E-state index contributed by atoms with van der Waals surface area (Å²) in [5, 5.41) is 0. The molecule has 2 atom stereocenters. The van der Waals surface area contributed by atoms with E-state index in [1.165, 1.54) is 35.2 Å². The van der Waals surface area contributed by atoms with E-state index in [0.717, 1.165) is 49.4 Å². The first-order valence-corrected chi connectivity index (χ1v) is 17.3. The quantitative estimate of drug-likeness (QED) is 0.130. The van der Waals surface area contributed by atoms with Gasteiger partial charge in [-0.2, -0.15) is 0 Å². The molecular formula is C42H57NO4. The predicted octanol–water partition coefficient (Wildman–Crippen LogP) is 9.66. The van der Waals surface area contributed by atoms with E-state index in [0.29, 0.717) is 31.8 Å². The minimum Gasteiger partial charge on any atom is -0.497 e. The van der Waals surface area contributed by atoms with Crippen LogP contribution in [0, 0.1) is 18.8 Å². The van der Waals surface area contributed by atoms with Crippen LogP contribution in [0.2, 0.25) is 0 Å². The monoisotopic (exact) mass is 639 g/mol. The molecule has 3 aromatic rings. The van der Waals surface area contributed by atoms with E-state index < -0.39 is 5.92 Å². The average molecular weight is 640 g/mol. The number of Topliss-reactive ketones (excluding diaryl/α,β-unsaturated/α-hetero) is 2. The van der Waals surface area contributed by atoms with Crippen LogP contribution >= 0.6 is 0 Å². The van der Waals surface area contributed by atoms with Gasteiger partial charge in [-0.05, 0) is 97.9 Å². The molecule has 0 radical (unpaired) electrons. The van der Waals surface area contributed by atoms with Crippen molar-refractivity contribution in [2.45, 2.75) is 86.0 Å². The van der Waals surface area contributed by atoms with Crippen molar-refractivity contribution in [2.75, 3.05) is 38.3 Å². The fourth-order valence-electron chi connectivity index (χ4n) is 6.47. The zero-order valence-corrected chi connectivity index (χ0v) is 28.6. The smallest absolute Gasteiger partial charge is 0.151 e. The van der Waals surface area contributed by atoms with Gasteiger partial charge in [0.05, 0.1) is 19.6 Å². The van der Waals surface area contributed by atoms with E-state index in [2.05, 4.69) is 73.4 Å². The molecule has 3 aromatic carbocycles. The van der Waals surface area contributed by atoms with Gasteiger partial charge < -0.3 is 14.4 Å². The first kappa shape index (κ1) is 37.8. The second-order valence-corrected chi connectivity index (χ2v) is 12.5. The SMILES string of the molecule is C.CC.CCCOC/C(=C\CCCC1CN(c2ccc(C3CCC(=O)C(Cc4ccc(OC)cc4)C3=O)cc2)C1)c1ccc(C)cc1. The molecule has 1 aliphatic heterocycles. The van der Waals surface area contributed by atoms with Gasteiger partial charge in [0.15, 0.2) is 5.78 Å². The van der Waals surface area contributed by atoms with Gasteiger partial charge in [0.1, 0.15) is 11.5 Å². The first-order chi connectivity index (χ1) is 22.4. The van der Waals surface area contributed by atoms with Gasteiger partial charge in [0.2, 0.25) is 0 Å². The number of ketones is 2. The number of methoxy groups -OCH3 is 1.